The van der Waals surface area contributed by atoms with Gasteiger partial charge in [-0.2, -0.15) is 5.26 Å². The largest absolute Gasteiger partial charge is 0.502 e. The first kappa shape index (κ1) is 15.8. The second-order valence-corrected chi connectivity index (χ2v) is 4.21. The molecule has 0 aliphatic heterocycles. The number of nitro benzene ring substituents is 1. The minimum absolute atomic E-state index is 0.0793. The monoisotopic (exact) mass is 281 g/mol. The molecule has 0 aliphatic rings. The molecule has 1 rings (SSSR count). The van der Waals surface area contributed by atoms with Gasteiger partial charge in [0.15, 0.2) is 5.75 Å². The highest BCUT2D eigenvalue weighted by molar-refractivity contribution is 5.56. The molecular weight excluding hydrogens is 266 g/mol. The number of aliphatic hydroxyl groups excluding tert-OH is 2. The van der Waals surface area contributed by atoms with Gasteiger partial charge < -0.3 is 20.6 Å². The van der Waals surface area contributed by atoms with E-state index in [1.807, 2.05) is 0 Å². The van der Waals surface area contributed by atoms with Crippen LogP contribution in [0.1, 0.15) is 23.7 Å². The van der Waals surface area contributed by atoms with Gasteiger partial charge in [0.25, 0.3) is 0 Å². The smallest absolute Gasteiger partial charge is 0.312 e. The summed E-state index contributed by atoms with van der Waals surface area (Å²) in [4.78, 5) is 9.93. The fourth-order valence-corrected chi connectivity index (χ4v) is 1.73. The molecule has 0 bridgehead atoms. The van der Waals surface area contributed by atoms with Crippen LogP contribution < -0.4 is 5.32 Å². The fraction of sp³-hybridized carbons (Fsp3) is 0.417. The lowest BCUT2D eigenvalue weighted by Gasteiger charge is -2.19. The fourth-order valence-electron chi connectivity index (χ4n) is 1.73. The topological polar surface area (TPSA) is 140 Å². The highest BCUT2D eigenvalue weighted by atomic mass is 16.6. The Kier molecular flexibility index (Phi) is 5.40. The van der Waals surface area contributed by atoms with Crippen LogP contribution in [0.4, 0.5) is 5.69 Å². The summed E-state index contributed by atoms with van der Waals surface area (Å²) in [6, 6.07) is 3.74. The van der Waals surface area contributed by atoms with Crippen LogP contribution in [0.3, 0.4) is 0 Å². The predicted molar refractivity (Wildman–Crippen MR) is 69.0 cm³/mol. The normalized spacial score (nSPS) is 13.5. The molecule has 1 aromatic rings. The van der Waals surface area contributed by atoms with Gasteiger partial charge in [-0.15, -0.1) is 0 Å². The van der Waals surface area contributed by atoms with Gasteiger partial charge in [-0.3, -0.25) is 10.1 Å². The lowest BCUT2D eigenvalue weighted by Crippen LogP contribution is -2.23. The molecule has 20 heavy (non-hydrogen) atoms. The quantitative estimate of drug-likeness (QED) is 0.430. The summed E-state index contributed by atoms with van der Waals surface area (Å²) < 4.78 is 0. The van der Waals surface area contributed by atoms with Crippen molar-refractivity contribution in [3.8, 4) is 11.8 Å². The van der Waals surface area contributed by atoms with E-state index < -0.39 is 28.6 Å². The van der Waals surface area contributed by atoms with Gasteiger partial charge in [-0.25, -0.2) is 0 Å². The molecule has 8 nitrogen and oxygen atoms in total. The van der Waals surface area contributed by atoms with Crippen molar-refractivity contribution in [2.75, 3.05) is 13.6 Å². The predicted octanol–water partition coefficient (Wildman–Crippen LogP) is 0.176. The van der Waals surface area contributed by atoms with Crippen LogP contribution in [0.25, 0.3) is 0 Å². The van der Waals surface area contributed by atoms with Crippen LogP contribution >= 0.6 is 0 Å². The molecule has 0 heterocycles. The third-order valence-electron chi connectivity index (χ3n) is 2.82. The number of rotatable bonds is 6. The molecule has 0 spiro atoms. The highest BCUT2D eigenvalue weighted by Gasteiger charge is 2.27. The van der Waals surface area contributed by atoms with E-state index >= 15 is 0 Å². The lowest BCUT2D eigenvalue weighted by molar-refractivity contribution is -0.386. The molecule has 8 heteroatoms. The summed E-state index contributed by atoms with van der Waals surface area (Å²) in [5.41, 5.74) is -0.998. The van der Waals surface area contributed by atoms with E-state index in [1.54, 1.807) is 13.1 Å². The van der Waals surface area contributed by atoms with Crippen LogP contribution in [0.2, 0.25) is 0 Å². The molecule has 1 aromatic carbocycles. The van der Waals surface area contributed by atoms with Crippen molar-refractivity contribution in [3.63, 3.8) is 0 Å². The van der Waals surface area contributed by atoms with Crippen molar-refractivity contribution < 1.29 is 20.2 Å². The lowest BCUT2D eigenvalue weighted by atomic mass is 9.98. The molecule has 0 saturated heterocycles. The van der Waals surface area contributed by atoms with Crippen LogP contribution in [0.15, 0.2) is 12.1 Å². The number of nitrogens with zero attached hydrogens (tertiary/aromatic N) is 2. The van der Waals surface area contributed by atoms with E-state index in [2.05, 4.69) is 5.32 Å². The molecule has 2 atom stereocenters. The van der Waals surface area contributed by atoms with Gasteiger partial charge in [0.1, 0.15) is 6.10 Å². The molecule has 0 amide bonds. The minimum Gasteiger partial charge on any atom is -0.502 e. The molecule has 0 radical (unpaired) electrons. The Hall–Kier alpha value is -2.21. The third kappa shape index (κ3) is 3.42. The van der Waals surface area contributed by atoms with Crippen LogP contribution in [0, 0.1) is 21.4 Å². The van der Waals surface area contributed by atoms with Crippen molar-refractivity contribution in [1.82, 2.24) is 5.32 Å². The summed E-state index contributed by atoms with van der Waals surface area (Å²) >= 11 is 0. The van der Waals surface area contributed by atoms with Crippen molar-refractivity contribution in [1.29, 1.82) is 5.26 Å². The van der Waals surface area contributed by atoms with Gasteiger partial charge >= 0.3 is 5.69 Å². The number of phenols is 1. The number of benzene rings is 1. The maximum absolute atomic E-state index is 10.8. The van der Waals surface area contributed by atoms with E-state index in [9.17, 15) is 25.4 Å². The van der Waals surface area contributed by atoms with Gasteiger partial charge in [-0.1, -0.05) is 0 Å². The van der Waals surface area contributed by atoms with Crippen LogP contribution in [-0.2, 0) is 0 Å². The number of hydrogen-bond acceptors (Lipinski definition) is 7. The molecule has 108 valence electrons. The zero-order valence-electron chi connectivity index (χ0n) is 10.8. The average Bonchev–Trinajstić information content (AvgIpc) is 2.43. The Bertz CT molecular complexity index is 541. The Morgan fingerprint density at radius 1 is 1.50 bits per heavy atom. The minimum atomic E-state index is -1.52. The SMILES string of the molecule is CNCCC(O)C(O)c1cc(C#N)cc([N+](=O)[O-])c1O. The zero-order valence-corrected chi connectivity index (χ0v) is 10.8. The van der Waals surface area contributed by atoms with E-state index in [1.165, 1.54) is 0 Å². The Balaban J connectivity index is 3.19. The molecule has 0 saturated carbocycles. The Morgan fingerprint density at radius 3 is 2.65 bits per heavy atom. The number of nitriles is 1. The van der Waals surface area contributed by atoms with Crippen molar-refractivity contribution in [2.24, 2.45) is 0 Å². The van der Waals surface area contributed by atoms with Crippen LogP contribution in [-0.4, -0.2) is 39.9 Å². The number of hydrogen-bond donors (Lipinski definition) is 4. The first-order valence-electron chi connectivity index (χ1n) is 5.84. The van der Waals surface area contributed by atoms with Gasteiger partial charge in [0.05, 0.1) is 22.7 Å². The highest BCUT2D eigenvalue weighted by Crippen LogP contribution is 2.36. The molecule has 0 aromatic heterocycles. The summed E-state index contributed by atoms with van der Waals surface area (Å²) in [7, 11) is 1.66. The van der Waals surface area contributed by atoms with E-state index in [4.69, 9.17) is 5.26 Å². The van der Waals surface area contributed by atoms with Gasteiger partial charge in [-0.05, 0) is 26.1 Å². The second-order valence-electron chi connectivity index (χ2n) is 4.21. The van der Waals surface area contributed by atoms with Gasteiger partial charge in [0.2, 0.25) is 0 Å². The number of aliphatic hydroxyl groups is 2. The average molecular weight is 281 g/mol. The number of aromatic hydroxyl groups is 1. The first-order valence-corrected chi connectivity index (χ1v) is 5.84. The van der Waals surface area contributed by atoms with E-state index in [-0.39, 0.29) is 17.5 Å². The first-order chi connectivity index (χ1) is 9.42. The van der Waals surface area contributed by atoms with E-state index in [0.717, 1.165) is 12.1 Å². The van der Waals surface area contributed by atoms with Crippen LogP contribution in [0.5, 0.6) is 5.75 Å². The molecule has 4 N–H and O–H groups in total. The molecular formula is C12H15N3O5. The standard InChI is InChI=1S/C12H15N3O5/c1-14-3-2-10(16)12(18)8-4-7(6-13)5-9(11(8)17)15(19)20/h4-5,10,12,14,16-18H,2-3H2,1H3. The molecule has 0 fully saturated rings. The Labute approximate surface area is 115 Å². The summed E-state index contributed by atoms with van der Waals surface area (Å²) in [6.45, 7) is 0.416. The number of nitro groups is 1. The third-order valence-corrected chi connectivity index (χ3v) is 2.82. The maximum atomic E-state index is 10.8. The van der Waals surface area contributed by atoms with Gasteiger partial charge in [0, 0.05) is 11.6 Å². The Morgan fingerprint density at radius 2 is 2.15 bits per heavy atom. The van der Waals surface area contributed by atoms with Crippen molar-refractivity contribution in [2.45, 2.75) is 18.6 Å². The maximum Gasteiger partial charge on any atom is 0.312 e. The second kappa shape index (κ2) is 6.81. The summed E-state index contributed by atoms with van der Waals surface area (Å²) in [6.07, 6.45) is -2.56. The van der Waals surface area contributed by atoms with E-state index in [0.29, 0.717) is 6.54 Å². The molecule has 0 aliphatic carbocycles. The number of phenolic OH excluding ortho intramolecular Hbond substituents is 1. The molecule has 2 unspecified atom stereocenters. The van der Waals surface area contributed by atoms with Crippen molar-refractivity contribution >= 4 is 5.69 Å². The number of nitrogens with one attached hydrogen (secondary N) is 1. The summed E-state index contributed by atoms with van der Waals surface area (Å²) in [5.74, 6) is -0.745. The summed E-state index contributed by atoms with van der Waals surface area (Å²) in [5, 5.41) is 51.9. The zero-order chi connectivity index (χ0) is 15.3. The van der Waals surface area contributed by atoms with Crippen molar-refractivity contribution in [3.05, 3.63) is 33.4 Å².